The van der Waals surface area contributed by atoms with Crippen LogP contribution in [0.5, 0.6) is 0 Å². The third-order valence-electron chi connectivity index (χ3n) is 6.09. The van der Waals surface area contributed by atoms with Crippen molar-refractivity contribution in [3.8, 4) is 5.69 Å². The molecule has 0 unspecified atom stereocenters. The molecular weight excluding hydrogens is 418 g/mol. The van der Waals surface area contributed by atoms with Gasteiger partial charge in [-0.3, -0.25) is 9.69 Å². The molecule has 7 heteroatoms. The van der Waals surface area contributed by atoms with E-state index in [2.05, 4.69) is 33.5 Å². The normalized spacial score (nSPS) is 17.0. The molecule has 2 aromatic carbocycles. The number of nitrogens with one attached hydrogen (secondary N) is 1. The first-order valence-electron chi connectivity index (χ1n) is 11.1. The zero-order valence-corrected chi connectivity index (χ0v) is 19.2. The molecule has 0 radical (unpaired) electrons. The Bertz CT molecular complexity index is 1210. The number of rotatable bonds is 5. The minimum atomic E-state index is 0.00811. The van der Waals surface area contributed by atoms with Crippen LogP contribution in [0.2, 0.25) is 0 Å². The van der Waals surface area contributed by atoms with Gasteiger partial charge >= 0.3 is 0 Å². The summed E-state index contributed by atoms with van der Waals surface area (Å²) in [5.41, 5.74) is 4.63. The van der Waals surface area contributed by atoms with Crippen molar-refractivity contribution in [3.05, 3.63) is 71.0 Å². The zero-order valence-electron chi connectivity index (χ0n) is 18.4. The molecule has 32 heavy (non-hydrogen) atoms. The van der Waals surface area contributed by atoms with E-state index in [9.17, 15) is 4.79 Å². The number of aromatic nitrogens is 3. The van der Waals surface area contributed by atoms with Gasteiger partial charge in [-0.2, -0.15) is 5.10 Å². The van der Waals surface area contributed by atoms with Gasteiger partial charge in [0.1, 0.15) is 0 Å². The molecule has 2 aromatic heterocycles. The maximum atomic E-state index is 12.9. The molecule has 1 saturated heterocycles. The second-order valence-corrected chi connectivity index (χ2v) is 9.50. The average Bonchev–Trinajstić information content (AvgIpc) is 3.36. The number of likely N-dealkylation sites (tertiary alicyclic amines) is 1. The van der Waals surface area contributed by atoms with Crippen LogP contribution in [0.1, 0.15) is 35.2 Å². The Morgan fingerprint density at radius 1 is 1.12 bits per heavy atom. The van der Waals surface area contributed by atoms with Gasteiger partial charge in [-0.1, -0.05) is 30.3 Å². The quantitative estimate of drug-likeness (QED) is 0.474. The lowest BCUT2D eigenvalue weighted by atomic mass is 9.99. The predicted molar refractivity (Wildman–Crippen MR) is 130 cm³/mol. The van der Waals surface area contributed by atoms with Gasteiger partial charge in [-0.15, -0.1) is 11.3 Å². The van der Waals surface area contributed by atoms with Gasteiger partial charge in [-0.25, -0.2) is 9.67 Å². The van der Waals surface area contributed by atoms with E-state index in [4.69, 9.17) is 4.98 Å². The smallest absolute Gasteiger partial charge is 0.238 e. The fourth-order valence-electron chi connectivity index (χ4n) is 4.49. The van der Waals surface area contributed by atoms with Crippen LogP contribution in [0.3, 0.4) is 0 Å². The fourth-order valence-corrected chi connectivity index (χ4v) is 5.58. The molecule has 6 nitrogen and oxygen atoms in total. The van der Waals surface area contributed by atoms with Crippen LogP contribution in [0, 0.1) is 13.8 Å². The third kappa shape index (κ3) is 4.18. The summed E-state index contributed by atoms with van der Waals surface area (Å²) in [7, 11) is 0. The van der Waals surface area contributed by atoms with E-state index in [1.807, 2.05) is 54.9 Å². The first-order chi connectivity index (χ1) is 15.6. The minimum Gasteiger partial charge on any atom is -0.322 e. The highest BCUT2D eigenvalue weighted by Gasteiger charge is 2.26. The van der Waals surface area contributed by atoms with Crippen molar-refractivity contribution in [1.29, 1.82) is 0 Å². The summed E-state index contributed by atoms with van der Waals surface area (Å²) < 4.78 is 3.12. The number of aryl methyl sites for hydroxylation is 1. The lowest BCUT2D eigenvalue weighted by molar-refractivity contribution is -0.117. The van der Waals surface area contributed by atoms with Crippen LogP contribution in [-0.4, -0.2) is 45.2 Å². The van der Waals surface area contributed by atoms with Gasteiger partial charge in [0.15, 0.2) is 0 Å². The van der Waals surface area contributed by atoms with Crippen LogP contribution in [0.15, 0.2) is 54.6 Å². The minimum absolute atomic E-state index is 0.00811. The summed E-state index contributed by atoms with van der Waals surface area (Å²) in [4.78, 5) is 20.0. The molecule has 1 aliphatic rings. The molecule has 1 amide bonds. The predicted octanol–water partition coefficient (Wildman–Crippen LogP) is 4.92. The number of para-hydroxylation sites is 2. The van der Waals surface area contributed by atoms with E-state index >= 15 is 0 Å². The highest BCUT2D eigenvalue weighted by Crippen LogP contribution is 2.33. The Morgan fingerprint density at radius 3 is 2.72 bits per heavy atom. The van der Waals surface area contributed by atoms with Crippen molar-refractivity contribution < 1.29 is 4.79 Å². The van der Waals surface area contributed by atoms with Crippen LogP contribution in [0.4, 0.5) is 5.69 Å². The number of benzene rings is 2. The molecule has 1 N–H and O–H groups in total. The fraction of sp³-hybridized carbons (Fsp3) is 0.320. The molecule has 4 aromatic rings. The molecule has 0 aliphatic carbocycles. The standard InChI is InChI=1S/C25H27N5OS/c1-17-24(18(2)30(28-17)20-10-4-3-5-11-20)27-23(31)16-29-14-8-9-19(15-29)25-26-21-12-6-7-13-22(21)32-25/h3-7,10-13,19H,8-9,14-16H2,1-2H3,(H,27,31)/t19-/m0/s1. The molecule has 0 spiro atoms. The van der Waals surface area contributed by atoms with Crippen molar-refractivity contribution in [1.82, 2.24) is 19.7 Å². The summed E-state index contributed by atoms with van der Waals surface area (Å²) in [6.07, 6.45) is 2.21. The number of amides is 1. The molecular formula is C25H27N5OS. The Morgan fingerprint density at radius 2 is 1.91 bits per heavy atom. The van der Waals surface area contributed by atoms with Crippen molar-refractivity contribution in [3.63, 3.8) is 0 Å². The van der Waals surface area contributed by atoms with E-state index in [-0.39, 0.29) is 5.91 Å². The Hall–Kier alpha value is -3.03. The van der Waals surface area contributed by atoms with E-state index in [0.29, 0.717) is 12.5 Å². The van der Waals surface area contributed by atoms with E-state index in [1.165, 1.54) is 9.71 Å². The SMILES string of the molecule is Cc1nn(-c2ccccc2)c(C)c1NC(=O)CN1CCC[C@H](c2nc3ccccc3s2)C1. The Balaban J connectivity index is 1.26. The number of anilines is 1. The van der Waals surface area contributed by atoms with Crippen LogP contribution < -0.4 is 5.32 Å². The molecule has 1 fully saturated rings. The maximum Gasteiger partial charge on any atom is 0.238 e. The number of piperidine rings is 1. The van der Waals surface area contributed by atoms with Gasteiger partial charge in [0.25, 0.3) is 0 Å². The largest absolute Gasteiger partial charge is 0.322 e. The van der Waals surface area contributed by atoms with Crippen molar-refractivity contribution >= 4 is 33.1 Å². The number of nitrogens with zero attached hydrogens (tertiary/aromatic N) is 4. The lowest BCUT2D eigenvalue weighted by Gasteiger charge is -2.31. The second-order valence-electron chi connectivity index (χ2n) is 8.44. The van der Waals surface area contributed by atoms with Crippen LogP contribution in [0.25, 0.3) is 15.9 Å². The third-order valence-corrected chi connectivity index (χ3v) is 7.29. The number of hydrogen-bond acceptors (Lipinski definition) is 5. The highest BCUT2D eigenvalue weighted by atomic mass is 32.1. The molecule has 1 atom stereocenters. The Labute approximate surface area is 191 Å². The first-order valence-corrected chi connectivity index (χ1v) is 11.9. The molecule has 0 saturated carbocycles. The lowest BCUT2D eigenvalue weighted by Crippen LogP contribution is -2.39. The summed E-state index contributed by atoms with van der Waals surface area (Å²) in [5.74, 6) is 0.395. The van der Waals surface area contributed by atoms with Crippen molar-refractivity contribution in [2.75, 3.05) is 25.0 Å². The van der Waals surface area contributed by atoms with Crippen molar-refractivity contribution in [2.45, 2.75) is 32.6 Å². The number of fused-ring (bicyclic) bond motifs is 1. The van der Waals surface area contributed by atoms with E-state index < -0.39 is 0 Å². The summed E-state index contributed by atoms with van der Waals surface area (Å²) >= 11 is 1.78. The molecule has 1 aliphatic heterocycles. The molecule has 3 heterocycles. The van der Waals surface area contributed by atoms with E-state index in [1.54, 1.807) is 11.3 Å². The molecule has 164 valence electrons. The number of thiazole rings is 1. The monoisotopic (exact) mass is 445 g/mol. The molecule has 0 bridgehead atoms. The molecule has 5 rings (SSSR count). The van der Waals surface area contributed by atoms with Gasteiger partial charge in [0.2, 0.25) is 5.91 Å². The van der Waals surface area contributed by atoms with Gasteiger partial charge < -0.3 is 5.32 Å². The van der Waals surface area contributed by atoms with Gasteiger partial charge in [0, 0.05) is 12.5 Å². The van der Waals surface area contributed by atoms with Crippen LogP contribution in [-0.2, 0) is 4.79 Å². The first kappa shape index (κ1) is 20.8. The number of carbonyl (C=O) groups is 1. The highest BCUT2D eigenvalue weighted by molar-refractivity contribution is 7.18. The Kier molecular flexibility index (Phi) is 5.76. The van der Waals surface area contributed by atoms with E-state index in [0.717, 1.165) is 54.2 Å². The van der Waals surface area contributed by atoms with Crippen molar-refractivity contribution in [2.24, 2.45) is 0 Å². The number of hydrogen-bond donors (Lipinski definition) is 1. The average molecular weight is 446 g/mol. The summed E-state index contributed by atoms with van der Waals surface area (Å²) in [5, 5.41) is 8.94. The topological polar surface area (TPSA) is 63.1 Å². The summed E-state index contributed by atoms with van der Waals surface area (Å²) in [6, 6.07) is 18.3. The zero-order chi connectivity index (χ0) is 22.1. The van der Waals surface area contributed by atoms with Gasteiger partial charge in [0.05, 0.1) is 44.5 Å². The second kappa shape index (κ2) is 8.84. The van der Waals surface area contributed by atoms with Gasteiger partial charge in [-0.05, 0) is 57.5 Å². The summed E-state index contributed by atoms with van der Waals surface area (Å²) in [6.45, 7) is 6.13. The van der Waals surface area contributed by atoms with Crippen LogP contribution >= 0.6 is 11.3 Å². The number of carbonyl (C=O) groups excluding carboxylic acids is 1. The maximum absolute atomic E-state index is 12.9.